The van der Waals surface area contributed by atoms with E-state index in [9.17, 15) is 14.4 Å². The van der Waals surface area contributed by atoms with Crippen LogP contribution in [0.25, 0.3) is 16.7 Å². The number of halogens is 2. The molecule has 1 aromatic carbocycles. The van der Waals surface area contributed by atoms with Gasteiger partial charge in [0.2, 0.25) is 0 Å². The van der Waals surface area contributed by atoms with Crippen molar-refractivity contribution in [2.45, 2.75) is 25.3 Å². The molecule has 2 heterocycles. The first-order valence-corrected chi connectivity index (χ1v) is 10.6. The lowest BCUT2D eigenvalue weighted by Gasteiger charge is -2.19. The average Bonchev–Trinajstić information content (AvgIpc) is 2.74. The summed E-state index contributed by atoms with van der Waals surface area (Å²) in [6.07, 6.45) is 6.16. The summed E-state index contributed by atoms with van der Waals surface area (Å²) in [7, 11) is 1.54. The topological polar surface area (TPSA) is 78.0 Å². The lowest BCUT2D eigenvalue weighted by molar-refractivity contribution is 0.653. The fraction of sp³-hybridized carbons (Fsp3) is 0.227. The molecule has 31 heavy (non-hydrogen) atoms. The lowest BCUT2D eigenvalue weighted by Crippen LogP contribution is -2.41. The van der Waals surface area contributed by atoms with Gasteiger partial charge in [0.25, 0.3) is 11.1 Å². The third-order valence-electron chi connectivity index (χ3n) is 5.23. The van der Waals surface area contributed by atoms with Crippen LogP contribution in [-0.4, -0.2) is 19.1 Å². The van der Waals surface area contributed by atoms with Crippen molar-refractivity contribution in [2.24, 2.45) is 7.05 Å². The average molecular weight is 459 g/mol. The molecule has 3 aromatic rings. The van der Waals surface area contributed by atoms with Crippen molar-refractivity contribution < 1.29 is 0 Å². The third kappa shape index (κ3) is 3.75. The number of nitrogens with zero attached hydrogens (tertiary/aromatic N) is 3. The second kappa shape index (κ2) is 8.24. The SMILES string of the molecule is CCn1c(=O)c2c(NC3=CCC(Cl)C=C3)cc(=O)n(C)c2n(-c2ccc(Cl)cc2)c1=O. The quantitative estimate of drug-likeness (QED) is 0.607. The van der Waals surface area contributed by atoms with E-state index in [1.54, 1.807) is 37.3 Å². The summed E-state index contributed by atoms with van der Waals surface area (Å²) in [4.78, 5) is 39.3. The van der Waals surface area contributed by atoms with E-state index in [1.165, 1.54) is 22.2 Å². The first kappa shape index (κ1) is 21.2. The van der Waals surface area contributed by atoms with Crippen molar-refractivity contribution in [3.63, 3.8) is 0 Å². The molecule has 7 nitrogen and oxygen atoms in total. The molecule has 9 heteroatoms. The summed E-state index contributed by atoms with van der Waals surface area (Å²) in [5, 5.41) is 3.81. The molecule has 160 valence electrons. The van der Waals surface area contributed by atoms with Crippen molar-refractivity contribution >= 4 is 39.9 Å². The van der Waals surface area contributed by atoms with Crippen LogP contribution < -0.4 is 22.1 Å². The molecule has 4 rings (SSSR count). The Morgan fingerprint density at radius 2 is 1.87 bits per heavy atom. The molecular formula is C22H20Cl2N4O3. The summed E-state index contributed by atoms with van der Waals surface area (Å²) in [5.74, 6) is 0. The highest BCUT2D eigenvalue weighted by Gasteiger charge is 2.20. The van der Waals surface area contributed by atoms with Gasteiger partial charge in [-0.15, -0.1) is 11.6 Å². The molecule has 0 aliphatic heterocycles. The van der Waals surface area contributed by atoms with Gasteiger partial charge in [0.05, 0.1) is 16.8 Å². The summed E-state index contributed by atoms with van der Waals surface area (Å²) in [6, 6.07) is 8.01. The molecule has 0 radical (unpaired) electrons. The van der Waals surface area contributed by atoms with Crippen molar-refractivity contribution in [3.05, 3.63) is 90.5 Å². The zero-order valence-corrected chi connectivity index (χ0v) is 18.4. The highest BCUT2D eigenvalue weighted by Crippen LogP contribution is 2.23. The zero-order chi connectivity index (χ0) is 22.3. The van der Waals surface area contributed by atoms with Gasteiger partial charge in [0, 0.05) is 30.4 Å². The van der Waals surface area contributed by atoms with Crippen LogP contribution in [-0.2, 0) is 13.6 Å². The molecule has 1 N–H and O–H groups in total. The van der Waals surface area contributed by atoms with Crippen molar-refractivity contribution in [3.8, 4) is 5.69 Å². The predicted octanol–water partition coefficient (Wildman–Crippen LogP) is 3.39. The number of nitrogens with one attached hydrogen (secondary N) is 1. The molecule has 1 unspecified atom stereocenters. The highest BCUT2D eigenvalue weighted by atomic mass is 35.5. The number of aryl methyl sites for hydroxylation is 1. The summed E-state index contributed by atoms with van der Waals surface area (Å²) in [6.45, 7) is 1.91. The predicted molar refractivity (Wildman–Crippen MR) is 125 cm³/mol. The van der Waals surface area contributed by atoms with E-state index in [0.29, 0.717) is 22.8 Å². The fourth-order valence-electron chi connectivity index (χ4n) is 3.63. The number of alkyl halides is 1. The number of hydrogen-bond acceptors (Lipinski definition) is 4. The Bertz CT molecular complexity index is 1410. The number of anilines is 1. The summed E-state index contributed by atoms with van der Waals surface area (Å²) in [5.41, 5.74) is 0.386. The van der Waals surface area contributed by atoms with E-state index < -0.39 is 11.2 Å². The first-order chi connectivity index (χ1) is 14.8. The second-order valence-corrected chi connectivity index (χ2v) is 8.19. The maximum atomic E-state index is 13.3. The summed E-state index contributed by atoms with van der Waals surface area (Å²) < 4.78 is 3.81. The van der Waals surface area contributed by atoms with Gasteiger partial charge in [-0.2, -0.15) is 0 Å². The maximum Gasteiger partial charge on any atom is 0.337 e. The van der Waals surface area contributed by atoms with Crippen molar-refractivity contribution in [1.29, 1.82) is 0 Å². The van der Waals surface area contributed by atoms with E-state index in [4.69, 9.17) is 23.2 Å². The van der Waals surface area contributed by atoms with Gasteiger partial charge in [-0.3, -0.25) is 18.7 Å². The van der Waals surface area contributed by atoms with Crippen LogP contribution in [0.4, 0.5) is 5.69 Å². The van der Waals surface area contributed by atoms with E-state index in [2.05, 4.69) is 5.32 Å². The molecule has 2 aromatic heterocycles. The van der Waals surface area contributed by atoms with E-state index >= 15 is 0 Å². The number of allylic oxidation sites excluding steroid dienone is 3. The van der Waals surface area contributed by atoms with Gasteiger partial charge in [-0.05, 0) is 43.7 Å². The largest absolute Gasteiger partial charge is 0.355 e. The number of benzene rings is 1. The Morgan fingerprint density at radius 1 is 1.16 bits per heavy atom. The number of rotatable bonds is 4. The highest BCUT2D eigenvalue weighted by molar-refractivity contribution is 6.30. The number of aromatic nitrogens is 3. The lowest BCUT2D eigenvalue weighted by atomic mass is 10.1. The minimum Gasteiger partial charge on any atom is -0.355 e. The Balaban J connectivity index is 2.09. The van der Waals surface area contributed by atoms with Crippen LogP contribution in [0.2, 0.25) is 5.02 Å². The molecular weight excluding hydrogens is 439 g/mol. The molecule has 0 bridgehead atoms. The smallest absolute Gasteiger partial charge is 0.337 e. The molecule has 0 saturated carbocycles. The van der Waals surface area contributed by atoms with Gasteiger partial charge in [-0.25, -0.2) is 9.36 Å². The van der Waals surface area contributed by atoms with Crippen LogP contribution >= 0.6 is 23.2 Å². The van der Waals surface area contributed by atoms with Crippen LogP contribution in [0.15, 0.2) is 68.6 Å². The summed E-state index contributed by atoms with van der Waals surface area (Å²) >= 11 is 12.1. The molecule has 0 amide bonds. The monoisotopic (exact) mass is 458 g/mol. The van der Waals surface area contributed by atoms with Crippen LogP contribution in [0.1, 0.15) is 13.3 Å². The molecule has 0 saturated heterocycles. The van der Waals surface area contributed by atoms with Crippen molar-refractivity contribution in [1.82, 2.24) is 13.7 Å². The second-order valence-electron chi connectivity index (χ2n) is 7.19. The van der Waals surface area contributed by atoms with Crippen LogP contribution in [0, 0.1) is 0 Å². The molecule has 0 spiro atoms. The molecule has 1 aliphatic rings. The van der Waals surface area contributed by atoms with Gasteiger partial charge < -0.3 is 5.32 Å². The van der Waals surface area contributed by atoms with Crippen LogP contribution in [0.5, 0.6) is 0 Å². The number of fused-ring (bicyclic) bond motifs is 1. The number of hydrogen-bond donors (Lipinski definition) is 1. The minimum atomic E-state index is -0.531. The normalized spacial score (nSPS) is 15.9. The van der Waals surface area contributed by atoms with E-state index in [-0.39, 0.29) is 28.5 Å². The third-order valence-corrected chi connectivity index (χ3v) is 5.81. The van der Waals surface area contributed by atoms with Gasteiger partial charge in [-0.1, -0.05) is 23.8 Å². The van der Waals surface area contributed by atoms with Gasteiger partial charge in [0.15, 0.2) is 0 Å². The zero-order valence-electron chi connectivity index (χ0n) is 16.9. The maximum absolute atomic E-state index is 13.3. The number of pyridine rings is 1. The molecule has 1 atom stereocenters. The van der Waals surface area contributed by atoms with Gasteiger partial charge >= 0.3 is 5.69 Å². The van der Waals surface area contributed by atoms with E-state index in [0.717, 1.165) is 10.3 Å². The molecule has 1 aliphatic carbocycles. The van der Waals surface area contributed by atoms with Crippen molar-refractivity contribution in [2.75, 3.05) is 5.32 Å². The minimum absolute atomic E-state index is 0.0988. The van der Waals surface area contributed by atoms with Crippen LogP contribution in [0.3, 0.4) is 0 Å². The Labute approximate surface area is 187 Å². The Morgan fingerprint density at radius 3 is 2.48 bits per heavy atom. The standard InChI is InChI=1S/C22H20Cl2N4O3/c1-3-27-21(30)19-17(25-15-8-4-13(23)5-9-15)12-18(29)26(2)20(19)28(22(27)31)16-10-6-14(24)7-11-16/h4,6-13,25H,3,5H2,1-2H3. The van der Waals surface area contributed by atoms with Gasteiger partial charge in [0.1, 0.15) is 11.0 Å². The fourth-order valence-corrected chi connectivity index (χ4v) is 3.92. The molecule has 0 fully saturated rings. The Hall–Kier alpha value is -3.03. The van der Waals surface area contributed by atoms with E-state index in [1.807, 2.05) is 12.2 Å². The Kier molecular flexibility index (Phi) is 5.64. The first-order valence-electron chi connectivity index (χ1n) is 9.76.